The second-order valence-corrected chi connectivity index (χ2v) is 12.6. The lowest BCUT2D eigenvalue weighted by molar-refractivity contribution is -0.137. The lowest BCUT2D eigenvalue weighted by Gasteiger charge is -2.29. The molecule has 0 radical (unpaired) electrons. The number of thiophene rings is 1. The maximum atomic E-state index is 13.0. The lowest BCUT2D eigenvalue weighted by Crippen LogP contribution is -2.45. The van der Waals surface area contributed by atoms with Crippen molar-refractivity contribution in [2.24, 2.45) is 11.8 Å². The highest BCUT2D eigenvalue weighted by atomic mass is 32.2. The molecule has 1 aliphatic heterocycles. The van der Waals surface area contributed by atoms with Gasteiger partial charge in [0.15, 0.2) is 16.4 Å². The molecule has 0 spiro atoms. The third-order valence-electron chi connectivity index (χ3n) is 5.74. The van der Waals surface area contributed by atoms with Gasteiger partial charge in [-0.15, -0.1) is 11.3 Å². The van der Waals surface area contributed by atoms with E-state index in [1.54, 1.807) is 18.7 Å². The predicted octanol–water partition coefficient (Wildman–Crippen LogP) is 2.66. The third-order valence-corrected chi connectivity index (χ3v) is 8.70. The van der Waals surface area contributed by atoms with E-state index < -0.39 is 28.3 Å². The number of rotatable bonds is 8. The Morgan fingerprint density at radius 3 is 2.50 bits per heavy atom. The molecule has 1 unspecified atom stereocenters. The first-order valence-corrected chi connectivity index (χ1v) is 13.7. The fraction of sp³-hybridized carbons (Fsp3) is 0.682. The molecule has 10 heteroatoms. The highest BCUT2D eigenvalue weighted by Crippen LogP contribution is 2.39. The van der Waals surface area contributed by atoms with Crippen LogP contribution < -0.4 is 5.32 Å². The summed E-state index contributed by atoms with van der Waals surface area (Å²) in [5.41, 5.74) is 1.25. The topological polar surface area (TPSA) is 110 Å². The molecule has 0 aromatic carbocycles. The number of carbonyl (C=O) groups is 3. The van der Waals surface area contributed by atoms with E-state index in [2.05, 4.69) is 5.32 Å². The number of amides is 2. The molecule has 1 aromatic heterocycles. The van der Waals surface area contributed by atoms with Crippen molar-refractivity contribution in [3.63, 3.8) is 0 Å². The van der Waals surface area contributed by atoms with Crippen LogP contribution in [0.1, 0.15) is 61.3 Å². The first kappa shape index (κ1) is 24.7. The van der Waals surface area contributed by atoms with Crippen molar-refractivity contribution in [1.29, 1.82) is 0 Å². The van der Waals surface area contributed by atoms with Crippen molar-refractivity contribution in [1.82, 2.24) is 4.90 Å². The third kappa shape index (κ3) is 5.70. The summed E-state index contributed by atoms with van der Waals surface area (Å²) in [6.45, 7) is 7.41. The van der Waals surface area contributed by atoms with Crippen molar-refractivity contribution in [3.8, 4) is 0 Å². The number of hydrogen-bond donors (Lipinski definition) is 1. The number of carbonyl (C=O) groups excluding carboxylic acids is 3. The van der Waals surface area contributed by atoms with Crippen LogP contribution in [0.5, 0.6) is 0 Å². The van der Waals surface area contributed by atoms with Crippen molar-refractivity contribution < 1.29 is 27.5 Å². The van der Waals surface area contributed by atoms with Crippen molar-refractivity contribution in [3.05, 3.63) is 16.0 Å². The van der Waals surface area contributed by atoms with E-state index in [4.69, 9.17) is 4.74 Å². The van der Waals surface area contributed by atoms with Crippen molar-refractivity contribution in [2.75, 3.05) is 30.0 Å². The van der Waals surface area contributed by atoms with Gasteiger partial charge in [-0.2, -0.15) is 0 Å². The molecule has 2 amide bonds. The molecule has 1 aromatic rings. The molecule has 2 aliphatic rings. The molecule has 0 saturated carbocycles. The average Bonchev–Trinajstić information content (AvgIpc) is 3.37. The Hall–Kier alpha value is -1.94. The van der Waals surface area contributed by atoms with Gasteiger partial charge in [0, 0.05) is 23.4 Å². The van der Waals surface area contributed by atoms with Gasteiger partial charge >= 0.3 is 5.97 Å². The summed E-state index contributed by atoms with van der Waals surface area (Å²) in [5.74, 6) is -1.27. The Bertz CT molecular complexity index is 996. The molecule has 1 atom stereocenters. The molecule has 8 nitrogen and oxygen atoms in total. The smallest absolute Gasteiger partial charge is 0.341 e. The Morgan fingerprint density at radius 1 is 1.19 bits per heavy atom. The number of esters is 1. The van der Waals surface area contributed by atoms with Gasteiger partial charge in [0.1, 0.15) is 5.00 Å². The van der Waals surface area contributed by atoms with Gasteiger partial charge in [0.25, 0.3) is 5.91 Å². The summed E-state index contributed by atoms with van der Waals surface area (Å²) >= 11 is 1.40. The fourth-order valence-electron chi connectivity index (χ4n) is 4.12. The van der Waals surface area contributed by atoms with E-state index in [9.17, 15) is 22.8 Å². The number of anilines is 1. The number of hydrogen-bond acceptors (Lipinski definition) is 7. The van der Waals surface area contributed by atoms with Gasteiger partial charge in [-0.25, -0.2) is 13.2 Å². The standard InChI is InChI=1S/C22H32N2O6S2/c1-13(2)10-24(15-8-9-32(28,29)12-15)18(25)11-30-22(27)19-16-6-5-7-17(16)31-21(19)23-20(26)14(3)4/h13-15H,5-12H2,1-4H3,(H,23,26). The molecular weight excluding hydrogens is 452 g/mol. The van der Waals surface area contributed by atoms with E-state index in [0.717, 1.165) is 29.7 Å². The highest BCUT2D eigenvalue weighted by molar-refractivity contribution is 7.91. The fourth-order valence-corrected chi connectivity index (χ4v) is 7.13. The highest BCUT2D eigenvalue weighted by Gasteiger charge is 2.36. The molecule has 1 saturated heterocycles. The van der Waals surface area contributed by atoms with E-state index in [0.29, 0.717) is 23.5 Å². The van der Waals surface area contributed by atoms with Gasteiger partial charge in [0.05, 0.1) is 17.1 Å². The molecule has 1 N–H and O–H groups in total. The minimum atomic E-state index is -3.15. The molecule has 1 aliphatic carbocycles. The Labute approximate surface area is 193 Å². The van der Waals surface area contributed by atoms with Crippen LogP contribution in [0.2, 0.25) is 0 Å². The monoisotopic (exact) mass is 484 g/mol. The summed E-state index contributed by atoms with van der Waals surface area (Å²) in [6, 6.07) is -0.389. The molecule has 0 bridgehead atoms. The maximum Gasteiger partial charge on any atom is 0.341 e. The minimum Gasteiger partial charge on any atom is -0.452 e. The predicted molar refractivity (Wildman–Crippen MR) is 124 cm³/mol. The molecule has 32 heavy (non-hydrogen) atoms. The maximum absolute atomic E-state index is 13.0. The molecular formula is C22H32N2O6S2. The second-order valence-electron chi connectivity index (χ2n) is 9.28. The summed E-state index contributed by atoms with van der Waals surface area (Å²) in [5, 5.41) is 3.31. The molecule has 178 valence electrons. The van der Waals surface area contributed by atoms with Crippen LogP contribution in [-0.4, -0.2) is 61.8 Å². The Kier molecular flexibility index (Phi) is 7.65. The van der Waals surface area contributed by atoms with E-state index in [-0.39, 0.29) is 35.3 Å². The number of sulfone groups is 1. The largest absolute Gasteiger partial charge is 0.452 e. The van der Waals surface area contributed by atoms with Gasteiger partial charge in [-0.3, -0.25) is 9.59 Å². The van der Waals surface area contributed by atoms with Crippen molar-refractivity contribution >= 4 is 44.0 Å². The summed E-state index contributed by atoms with van der Waals surface area (Å²) in [7, 11) is -3.15. The lowest BCUT2D eigenvalue weighted by atomic mass is 10.1. The summed E-state index contributed by atoms with van der Waals surface area (Å²) in [4.78, 5) is 40.7. The van der Waals surface area contributed by atoms with Crippen LogP contribution >= 0.6 is 11.3 Å². The van der Waals surface area contributed by atoms with Crippen LogP contribution in [0.15, 0.2) is 0 Å². The minimum absolute atomic E-state index is 0.0528. The Morgan fingerprint density at radius 2 is 1.91 bits per heavy atom. The van der Waals surface area contributed by atoms with Gasteiger partial charge in [-0.1, -0.05) is 27.7 Å². The molecule has 3 rings (SSSR count). The van der Waals surface area contributed by atoms with Gasteiger partial charge in [-0.05, 0) is 37.2 Å². The Balaban J connectivity index is 1.73. The van der Waals surface area contributed by atoms with Crippen LogP contribution in [0.3, 0.4) is 0 Å². The summed E-state index contributed by atoms with van der Waals surface area (Å²) in [6.07, 6.45) is 2.94. The molecule has 2 heterocycles. The zero-order valence-electron chi connectivity index (χ0n) is 19.1. The van der Waals surface area contributed by atoms with E-state index in [1.807, 2.05) is 13.8 Å². The van der Waals surface area contributed by atoms with Crippen LogP contribution in [-0.2, 0) is 37.0 Å². The number of ether oxygens (including phenoxy) is 1. The number of fused-ring (bicyclic) bond motifs is 1. The SMILES string of the molecule is CC(C)CN(C(=O)COC(=O)c1c(NC(=O)C(C)C)sc2c1CCC2)C1CCS(=O)(=O)C1. The number of nitrogens with one attached hydrogen (secondary N) is 1. The van der Waals surface area contributed by atoms with Crippen LogP contribution in [0, 0.1) is 11.8 Å². The summed E-state index contributed by atoms with van der Waals surface area (Å²) < 4.78 is 29.2. The van der Waals surface area contributed by atoms with Crippen molar-refractivity contribution in [2.45, 2.75) is 59.4 Å². The zero-order chi connectivity index (χ0) is 23.6. The average molecular weight is 485 g/mol. The second kappa shape index (κ2) is 9.91. The first-order chi connectivity index (χ1) is 15.0. The molecule has 1 fully saturated rings. The first-order valence-electron chi connectivity index (χ1n) is 11.1. The van der Waals surface area contributed by atoms with Gasteiger partial charge < -0.3 is 15.0 Å². The van der Waals surface area contributed by atoms with Crippen LogP contribution in [0.25, 0.3) is 0 Å². The van der Waals surface area contributed by atoms with E-state index in [1.165, 1.54) is 11.3 Å². The van der Waals surface area contributed by atoms with E-state index >= 15 is 0 Å². The van der Waals surface area contributed by atoms with Gasteiger partial charge in [0.2, 0.25) is 5.91 Å². The quantitative estimate of drug-likeness (QED) is 0.568. The zero-order valence-corrected chi connectivity index (χ0v) is 20.7. The van der Waals surface area contributed by atoms with Crippen LogP contribution in [0.4, 0.5) is 5.00 Å². The number of nitrogens with zero attached hydrogens (tertiary/aromatic N) is 1. The normalized spacial score (nSPS) is 19.2. The number of aryl methyl sites for hydroxylation is 1.